The summed E-state index contributed by atoms with van der Waals surface area (Å²) in [6.45, 7) is 6.48. The Labute approximate surface area is 171 Å². The number of benzene rings is 1. The van der Waals surface area contributed by atoms with Crippen LogP contribution >= 0.6 is 23.1 Å². The number of nitrogens with zero attached hydrogens (tertiary/aromatic N) is 3. The quantitative estimate of drug-likeness (QED) is 0.431. The number of morpholine rings is 1. The summed E-state index contributed by atoms with van der Waals surface area (Å²) in [5, 5.41) is 16.3. The van der Waals surface area contributed by atoms with Crippen LogP contribution in [0.1, 0.15) is 29.9 Å². The van der Waals surface area contributed by atoms with Crippen molar-refractivity contribution in [3.05, 3.63) is 45.0 Å². The molecule has 0 aliphatic carbocycles. The van der Waals surface area contributed by atoms with Crippen LogP contribution in [0.2, 0.25) is 0 Å². The number of thiazole rings is 1. The molecule has 0 spiro atoms. The van der Waals surface area contributed by atoms with Gasteiger partial charge in [0, 0.05) is 36.6 Å². The summed E-state index contributed by atoms with van der Waals surface area (Å²) < 4.78 is 5.74. The van der Waals surface area contributed by atoms with Gasteiger partial charge < -0.3 is 4.74 Å². The molecule has 8 nitrogen and oxygen atoms in total. The Bertz CT molecular complexity index is 863. The van der Waals surface area contributed by atoms with Crippen molar-refractivity contribution in [1.82, 2.24) is 9.88 Å². The van der Waals surface area contributed by atoms with E-state index in [2.05, 4.69) is 29.0 Å². The molecule has 1 amide bonds. The predicted molar refractivity (Wildman–Crippen MR) is 110 cm³/mol. The molecule has 2 atom stereocenters. The van der Waals surface area contributed by atoms with Gasteiger partial charge in [0.1, 0.15) is 0 Å². The number of amides is 1. The van der Waals surface area contributed by atoms with Crippen LogP contribution < -0.4 is 5.32 Å². The third-order valence-electron chi connectivity index (χ3n) is 4.29. The molecule has 1 aliphatic heterocycles. The number of rotatable bonds is 6. The summed E-state index contributed by atoms with van der Waals surface area (Å²) in [4.78, 5) is 30.5. The molecule has 1 N–H and O–H groups in total. The predicted octanol–water partition coefficient (Wildman–Crippen LogP) is 3.63. The maximum absolute atomic E-state index is 12.5. The van der Waals surface area contributed by atoms with Crippen LogP contribution in [0.4, 0.5) is 10.8 Å². The van der Waals surface area contributed by atoms with Gasteiger partial charge in [-0.25, -0.2) is 4.98 Å². The van der Waals surface area contributed by atoms with Gasteiger partial charge in [-0.15, -0.1) is 23.1 Å². The van der Waals surface area contributed by atoms with E-state index in [0.717, 1.165) is 18.8 Å². The van der Waals surface area contributed by atoms with Crippen LogP contribution in [0.25, 0.3) is 0 Å². The number of hydrogen-bond donors (Lipinski definition) is 1. The second kappa shape index (κ2) is 8.99. The Morgan fingerprint density at radius 1 is 1.43 bits per heavy atom. The zero-order valence-corrected chi connectivity index (χ0v) is 17.5. The highest BCUT2D eigenvalue weighted by atomic mass is 32.2. The number of ether oxygens (including phenoxy) is 1. The van der Waals surface area contributed by atoms with E-state index in [1.54, 1.807) is 18.4 Å². The number of thioether (sulfide) groups is 1. The molecule has 0 radical (unpaired) electrons. The molecule has 10 heteroatoms. The van der Waals surface area contributed by atoms with Gasteiger partial charge in [0.25, 0.3) is 11.6 Å². The Balaban J connectivity index is 1.65. The minimum Gasteiger partial charge on any atom is -0.373 e. The number of hydrogen-bond acceptors (Lipinski definition) is 8. The molecule has 0 bridgehead atoms. The Kier molecular flexibility index (Phi) is 6.65. The minimum atomic E-state index is -0.478. The van der Waals surface area contributed by atoms with E-state index in [0.29, 0.717) is 16.6 Å². The molecule has 2 aromatic rings. The summed E-state index contributed by atoms with van der Waals surface area (Å²) in [6.07, 6.45) is 2.12. The van der Waals surface area contributed by atoms with Gasteiger partial charge in [0.15, 0.2) is 5.13 Å². The molecule has 0 saturated carbocycles. The fourth-order valence-corrected chi connectivity index (χ4v) is 4.47. The number of aromatic nitrogens is 1. The van der Waals surface area contributed by atoms with Crippen LogP contribution in [0.15, 0.2) is 28.5 Å². The first-order valence-corrected chi connectivity index (χ1v) is 10.9. The van der Waals surface area contributed by atoms with Crippen LogP contribution in [-0.4, -0.2) is 52.3 Å². The Morgan fingerprint density at radius 3 is 2.79 bits per heavy atom. The lowest BCUT2D eigenvalue weighted by Gasteiger charge is -2.34. The lowest BCUT2D eigenvalue weighted by atomic mass is 10.2. The van der Waals surface area contributed by atoms with Crippen molar-refractivity contribution in [2.45, 2.75) is 37.5 Å². The molecule has 2 heterocycles. The smallest absolute Gasteiger partial charge is 0.283 e. The first-order chi connectivity index (χ1) is 13.4. The topological polar surface area (TPSA) is 97.6 Å². The van der Waals surface area contributed by atoms with E-state index in [-0.39, 0.29) is 23.5 Å². The van der Waals surface area contributed by atoms with Gasteiger partial charge in [-0.2, -0.15) is 0 Å². The molecule has 1 aliphatic rings. The molecular weight excluding hydrogens is 400 g/mol. The lowest BCUT2D eigenvalue weighted by Crippen LogP contribution is -2.44. The van der Waals surface area contributed by atoms with Gasteiger partial charge in [0.2, 0.25) is 0 Å². The minimum absolute atomic E-state index is 0.0736. The van der Waals surface area contributed by atoms with Gasteiger partial charge >= 0.3 is 0 Å². The van der Waals surface area contributed by atoms with Crippen LogP contribution in [0.3, 0.4) is 0 Å². The first kappa shape index (κ1) is 20.7. The Morgan fingerprint density at radius 2 is 2.14 bits per heavy atom. The van der Waals surface area contributed by atoms with Crippen LogP contribution in [0.5, 0.6) is 0 Å². The number of carbonyl (C=O) groups is 1. The van der Waals surface area contributed by atoms with Gasteiger partial charge in [-0.3, -0.25) is 25.1 Å². The third-order valence-corrected chi connectivity index (χ3v) is 5.88. The molecule has 1 aromatic heterocycles. The zero-order valence-electron chi connectivity index (χ0n) is 15.9. The highest BCUT2D eigenvalue weighted by Gasteiger charge is 2.23. The molecule has 1 fully saturated rings. The van der Waals surface area contributed by atoms with Crippen molar-refractivity contribution < 1.29 is 14.5 Å². The average molecular weight is 423 g/mol. The number of anilines is 1. The molecule has 1 saturated heterocycles. The van der Waals surface area contributed by atoms with Crippen LogP contribution in [-0.2, 0) is 11.3 Å². The largest absolute Gasteiger partial charge is 0.373 e. The lowest BCUT2D eigenvalue weighted by molar-refractivity contribution is -0.387. The summed E-state index contributed by atoms with van der Waals surface area (Å²) >= 11 is 2.61. The second-order valence-electron chi connectivity index (χ2n) is 6.69. The van der Waals surface area contributed by atoms with E-state index in [1.807, 2.05) is 5.38 Å². The highest BCUT2D eigenvalue weighted by molar-refractivity contribution is 7.98. The molecular formula is C18H22N4O4S2. The fraction of sp³-hybridized carbons (Fsp3) is 0.444. The van der Waals surface area contributed by atoms with Gasteiger partial charge in [-0.1, -0.05) is 0 Å². The highest BCUT2D eigenvalue weighted by Crippen LogP contribution is 2.29. The molecule has 1 aromatic carbocycles. The standard InChI is InChI=1S/C18H22N4O4S2/c1-11-7-21(8-12(2)26-11)9-14-10-28-18(19-14)20-17(23)13-4-5-16(27-3)15(6-13)22(24)25/h4-6,10-12H,7-9H2,1-3H3,(H,19,20,23)/t11-,12-/m0/s1. The average Bonchev–Trinajstić information content (AvgIpc) is 3.06. The normalized spacial score (nSPS) is 20.1. The molecule has 28 heavy (non-hydrogen) atoms. The van der Waals surface area contributed by atoms with Crippen molar-refractivity contribution in [1.29, 1.82) is 0 Å². The van der Waals surface area contributed by atoms with E-state index in [9.17, 15) is 14.9 Å². The third kappa shape index (κ3) is 5.07. The Hall–Kier alpha value is -2.01. The summed E-state index contributed by atoms with van der Waals surface area (Å²) in [5.41, 5.74) is 1.04. The van der Waals surface area contributed by atoms with E-state index < -0.39 is 10.8 Å². The monoisotopic (exact) mass is 422 g/mol. The number of nitro groups is 1. The number of carbonyl (C=O) groups excluding carboxylic acids is 1. The van der Waals surface area contributed by atoms with E-state index in [4.69, 9.17) is 4.74 Å². The van der Waals surface area contributed by atoms with Crippen molar-refractivity contribution >= 4 is 39.8 Å². The maximum Gasteiger partial charge on any atom is 0.283 e. The first-order valence-electron chi connectivity index (χ1n) is 8.81. The van der Waals surface area contributed by atoms with Crippen LogP contribution in [0, 0.1) is 10.1 Å². The summed E-state index contributed by atoms with van der Waals surface area (Å²) in [7, 11) is 0. The van der Waals surface area contributed by atoms with Gasteiger partial charge in [-0.05, 0) is 32.2 Å². The van der Waals surface area contributed by atoms with Crippen molar-refractivity contribution in [2.75, 3.05) is 24.7 Å². The summed E-state index contributed by atoms with van der Waals surface area (Å²) in [5.74, 6) is -0.412. The second-order valence-corrected chi connectivity index (χ2v) is 8.40. The molecule has 150 valence electrons. The molecule has 0 unspecified atom stereocenters. The van der Waals surface area contributed by atoms with Gasteiger partial charge in [0.05, 0.1) is 27.7 Å². The van der Waals surface area contributed by atoms with Crippen molar-refractivity contribution in [2.24, 2.45) is 0 Å². The summed E-state index contributed by atoms with van der Waals surface area (Å²) in [6, 6.07) is 4.47. The SMILES string of the molecule is CSc1ccc(C(=O)Nc2nc(CN3C[C@H](C)O[C@@H](C)C3)cs2)cc1[N+](=O)[O-]. The van der Waals surface area contributed by atoms with E-state index in [1.165, 1.54) is 29.2 Å². The maximum atomic E-state index is 12.5. The number of nitrogens with one attached hydrogen (secondary N) is 1. The molecule has 3 rings (SSSR count). The van der Waals surface area contributed by atoms with Crippen molar-refractivity contribution in [3.8, 4) is 0 Å². The zero-order chi connectivity index (χ0) is 20.3. The number of nitro benzene ring substituents is 1. The fourth-order valence-electron chi connectivity index (χ4n) is 3.22. The van der Waals surface area contributed by atoms with E-state index >= 15 is 0 Å². The van der Waals surface area contributed by atoms with Crippen molar-refractivity contribution in [3.63, 3.8) is 0 Å².